The lowest BCUT2D eigenvalue weighted by molar-refractivity contribution is 0.0289. The van der Waals surface area contributed by atoms with Crippen molar-refractivity contribution in [1.82, 2.24) is 5.32 Å². The molecule has 0 aliphatic carbocycles. The van der Waals surface area contributed by atoms with E-state index < -0.39 is 5.82 Å². The van der Waals surface area contributed by atoms with Gasteiger partial charge in [-0.1, -0.05) is 35.9 Å². The third kappa shape index (κ3) is 3.58. The average Bonchev–Trinajstić information content (AvgIpc) is 2.55. The van der Waals surface area contributed by atoms with Crippen LogP contribution in [0.5, 0.6) is 11.5 Å². The van der Waals surface area contributed by atoms with Crippen LogP contribution in [0.25, 0.3) is 0 Å². The molecular formula is C17H17ClFNO2. The summed E-state index contributed by atoms with van der Waals surface area (Å²) in [6, 6.07) is 12.3. The highest BCUT2D eigenvalue weighted by Gasteiger charge is 2.17. The zero-order chi connectivity index (χ0) is 15.4. The summed E-state index contributed by atoms with van der Waals surface area (Å²) in [4.78, 5) is 0. The van der Waals surface area contributed by atoms with Crippen LogP contribution in [0.15, 0.2) is 42.5 Å². The van der Waals surface area contributed by atoms with E-state index in [2.05, 4.69) is 5.32 Å². The van der Waals surface area contributed by atoms with Gasteiger partial charge in [0.1, 0.15) is 5.75 Å². The van der Waals surface area contributed by atoms with Crippen LogP contribution in [0.4, 0.5) is 4.39 Å². The number of hydrogen-bond acceptors (Lipinski definition) is 3. The van der Waals surface area contributed by atoms with Crippen molar-refractivity contribution in [3.63, 3.8) is 0 Å². The molecule has 0 amide bonds. The first-order valence-corrected chi connectivity index (χ1v) is 7.64. The maximum absolute atomic E-state index is 14.0. The smallest absolute Gasteiger partial charge is 0.184 e. The molecule has 0 radical (unpaired) electrons. The van der Waals surface area contributed by atoms with E-state index in [4.69, 9.17) is 21.1 Å². The summed E-state index contributed by atoms with van der Waals surface area (Å²) in [6.45, 7) is 2.39. The number of halogens is 2. The van der Waals surface area contributed by atoms with E-state index in [9.17, 15) is 4.39 Å². The molecule has 1 N–H and O–H groups in total. The lowest BCUT2D eigenvalue weighted by Gasteiger charge is -2.24. The summed E-state index contributed by atoms with van der Waals surface area (Å²) in [5, 5.41) is 3.35. The first kappa shape index (κ1) is 15.3. The quantitative estimate of drug-likeness (QED) is 0.929. The Hall–Kier alpha value is -1.62. The van der Waals surface area contributed by atoms with Crippen molar-refractivity contribution in [2.45, 2.75) is 12.5 Å². The standard InChI is InChI=1S/C17H17ClFNO2/c18-14-5-3-7-16(17(14)19)22-15-6-2-1-4-12(15)10-13-11-20-8-9-21-13/h1-7,13,20H,8-11H2/t13-/m0/s1. The van der Waals surface area contributed by atoms with Gasteiger partial charge in [-0.05, 0) is 23.8 Å². The summed E-state index contributed by atoms with van der Waals surface area (Å²) in [6.07, 6.45) is 0.813. The number of ether oxygens (including phenoxy) is 2. The second kappa shape index (κ2) is 7.09. The Morgan fingerprint density at radius 1 is 1.18 bits per heavy atom. The van der Waals surface area contributed by atoms with E-state index in [1.165, 1.54) is 6.07 Å². The second-order valence-corrected chi connectivity index (χ2v) is 5.57. The number of rotatable bonds is 4. The third-order valence-electron chi connectivity index (χ3n) is 3.56. The molecule has 0 spiro atoms. The van der Waals surface area contributed by atoms with E-state index in [1.54, 1.807) is 12.1 Å². The first-order valence-electron chi connectivity index (χ1n) is 7.26. The Kier molecular flexibility index (Phi) is 4.93. The highest BCUT2D eigenvalue weighted by atomic mass is 35.5. The molecule has 1 fully saturated rings. The van der Waals surface area contributed by atoms with E-state index in [0.29, 0.717) is 18.8 Å². The molecule has 1 atom stereocenters. The summed E-state index contributed by atoms with van der Waals surface area (Å²) < 4.78 is 25.4. The van der Waals surface area contributed by atoms with Gasteiger partial charge in [0.15, 0.2) is 11.6 Å². The van der Waals surface area contributed by atoms with E-state index >= 15 is 0 Å². The maximum Gasteiger partial charge on any atom is 0.184 e. The zero-order valence-electron chi connectivity index (χ0n) is 12.0. The highest BCUT2D eigenvalue weighted by molar-refractivity contribution is 6.30. The molecule has 0 aromatic heterocycles. The monoisotopic (exact) mass is 321 g/mol. The molecule has 1 heterocycles. The summed E-state index contributed by atoms with van der Waals surface area (Å²) >= 11 is 5.79. The number of morpholine rings is 1. The number of para-hydroxylation sites is 1. The Bertz CT molecular complexity index is 644. The van der Waals surface area contributed by atoms with Crippen LogP contribution in [0.3, 0.4) is 0 Å². The minimum absolute atomic E-state index is 0.0507. The minimum Gasteiger partial charge on any atom is -0.454 e. The lowest BCUT2D eigenvalue weighted by atomic mass is 10.1. The fraction of sp³-hybridized carbons (Fsp3) is 0.294. The summed E-state index contributed by atoms with van der Waals surface area (Å²) in [5.41, 5.74) is 0.982. The minimum atomic E-state index is -0.547. The molecule has 0 unspecified atom stereocenters. The molecule has 3 nitrogen and oxygen atoms in total. The van der Waals surface area contributed by atoms with Gasteiger partial charge in [-0.15, -0.1) is 0 Å². The van der Waals surface area contributed by atoms with Gasteiger partial charge < -0.3 is 14.8 Å². The highest BCUT2D eigenvalue weighted by Crippen LogP contribution is 2.31. The SMILES string of the molecule is Fc1c(Cl)cccc1Oc1ccccc1C[C@H]1CNCCO1. The Morgan fingerprint density at radius 3 is 2.82 bits per heavy atom. The van der Waals surface area contributed by atoms with Crippen molar-refractivity contribution in [3.05, 3.63) is 58.9 Å². The van der Waals surface area contributed by atoms with Crippen LogP contribution in [0, 0.1) is 5.82 Å². The van der Waals surface area contributed by atoms with E-state index in [-0.39, 0.29) is 16.9 Å². The van der Waals surface area contributed by atoms with Crippen molar-refractivity contribution in [2.24, 2.45) is 0 Å². The summed E-state index contributed by atoms with van der Waals surface area (Å²) in [7, 11) is 0. The van der Waals surface area contributed by atoms with Crippen molar-refractivity contribution in [3.8, 4) is 11.5 Å². The van der Waals surface area contributed by atoms with Crippen molar-refractivity contribution >= 4 is 11.6 Å². The van der Waals surface area contributed by atoms with E-state index in [1.807, 2.05) is 24.3 Å². The van der Waals surface area contributed by atoms with Crippen LogP contribution >= 0.6 is 11.6 Å². The molecule has 0 bridgehead atoms. The van der Waals surface area contributed by atoms with Crippen molar-refractivity contribution in [2.75, 3.05) is 19.7 Å². The van der Waals surface area contributed by atoms with Crippen LogP contribution in [0.2, 0.25) is 5.02 Å². The first-order chi connectivity index (χ1) is 10.7. The normalized spacial score (nSPS) is 18.2. The van der Waals surface area contributed by atoms with Gasteiger partial charge in [0.2, 0.25) is 0 Å². The maximum atomic E-state index is 14.0. The third-order valence-corrected chi connectivity index (χ3v) is 3.85. The fourth-order valence-electron chi connectivity index (χ4n) is 2.45. The van der Waals surface area contributed by atoms with Crippen LogP contribution in [-0.2, 0) is 11.2 Å². The van der Waals surface area contributed by atoms with E-state index in [0.717, 1.165) is 18.7 Å². The van der Waals surface area contributed by atoms with Gasteiger partial charge in [-0.3, -0.25) is 0 Å². The zero-order valence-corrected chi connectivity index (χ0v) is 12.8. The molecule has 5 heteroatoms. The molecule has 2 aromatic carbocycles. The topological polar surface area (TPSA) is 30.5 Å². The lowest BCUT2D eigenvalue weighted by Crippen LogP contribution is -2.39. The molecule has 2 aromatic rings. The van der Waals surface area contributed by atoms with Crippen LogP contribution in [-0.4, -0.2) is 25.8 Å². The molecule has 3 rings (SSSR count). The molecular weight excluding hydrogens is 305 g/mol. The van der Waals surface area contributed by atoms with Crippen LogP contribution < -0.4 is 10.1 Å². The van der Waals surface area contributed by atoms with Gasteiger partial charge >= 0.3 is 0 Å². The average molecular weight is 322 g/mol. The van der Waals surface area contributed by atoms with Gasteiger partial charge in [0.05, 0.1) is 17.7 Å². The predicted molar refractivity (Wildman–Crippen MR) is 84.2 cm³/mol. The molecule has 1 saturated heterocycles. The predicted octanol–water partition coefficient (Wildman–Crippen LogP) is 3.80. The molecule has 22 heavy (non-hydrogen) atoms. The van der Waals surface area contributed by atoms with Crippen molar-refractivity contribution < 1.29 is 13.9 Å². The summed E-state index contributed by atoms with van der Waals surface area (Å²) in [5.74, 6) is 0.204. The second-order valence-electron chi connectivity index (χ2n) is 5.16. The molecule has 116 valence electrons. The van der Waals surface area contributed by atoms with Crippen molar-refractivity contribution in [1.29, 1.82) is 0 Å². The Labute approximate surface area is 134 Å². The fourth-order valence-corrected chi connectivity index (χ4v) is 2.62. The number of hydrogen-bond donors (Lipinski definition) is 1. The Morgan fingerprint density at radius 2 is 2.00 bits per heavy atom. The van der Waals surface area contributed by atoms with Gasteiger partial charge in [0, 0.05) is 19.5 Å². The molecule has 0 saturated carbocycles. The largest absolute Gasteiger partial charge is 0.454 e. The molecule has 1 aliphatic rings. The number of nitrogens with one attached hydrogen (secondary N) is 1. The Balaban J connectivity index is 1.80. The van der Waals surface area contributed by atoms with Crippen LogP contribution in [0.1, 0.15) is 5.56 Å². The van der Waals surface area contributed by atoms with Gasteiger partial charge in [-0.2, -0.15) is 0 Å². The van der Waals surface area contributed by atoms with Gasteiger partial charge in [0.25, 0.3) is 0 Å². The molecule has 1 aliphatic heterocycles. The number of benzene rings is 2. The van der Waals surface area contributed by atoms with Gasteiger partial charge in [-0.25, -0.2) is 4.39 Å².